The predicted octanol–water partition coefficient (Wildman–Crippen LogP) is 3.69. The van der Waals surface area contributed by atoms with E-state index in [1.165, 1.54) is 5.56 Å². The van der Waals surface area contributed by atoms with E-state index in [1.807, 2.05) is 16.9 Å². The molecule has 1 atom stereocenters. The number of aromatic nitrogens is 2. The lowest BCUT2D eigenvalue weighted by Gasteiger charge is -2.15. The number of nitrogens with zero attached hydrogens (tertiary/aromatic N) is 2. The van der Waals surface area contributed by atoms with E-state index in [2.05, 4.69) is 52.2 Å². The fourth-order valence-electron chi connectivity index (χ4n) is 2.23. The molecule has 3 nitrogen and oxygen atoms in total. The van der Waals surface area contributed by atoms with Gasteiger partial charge < -0.3 is 5.73 Å². The molecule has 1 aromatic carbocycles. The monoisotopic (exact) mass is 321 g/mol. The van der Waals surface area contributed by atoms with Crippen LogP contribution >= 0.6 is 15.9 Å². The van der Waals surface area contributed by atoms with Gasteiger partial charge in [0.05, 0.1) is 16.4 Å². The lowest BCUT2D eigenvalue weighted by atomic mass is 10.0. The van der Waals surface area contributed by atoms with Gasteiger partial charge in [0.2, 0.25) is 0 Å². The average Bonchev–Trinajstić information content (AvgIpc) is 2.79. The van der Waals surface area contributed by atoms with Crippen molar-refractivity contribution in [1.82, 2.24) is 9.78 Å². The standard InChI is InChI=1S/C15H20BrN3/c1-2-10-19-15(13(16)11-18-19)14(17)9-8-12-6-4-3-5-7-12/h3-7,11,14H,2,8-10,17H2,1H3. The Bertz CT molecular complexity index is 507. The largest absolute Gasteiger partial charge is 0.323 e. The average molecular weight is 322 g/mol. The molecule has 4 heteroatoms. The summed E-state index contributed by atoms with van der Waals surface area (Å²) in [6.45, 7) is 3.06. The quantitative estimate of drug-likeness (QED) is 0.881. The smallest absolute Gasteiger partial charge is 0.0693 e. The van der Waals surface area contributed by atoms with E-state index in [-0.39, 0.29) is 6.04 Å². The maximum Gasteiger partial charge on any atom is 0.0693 e. The maximum atomic E-state index is 6.33. The third-order valence-electron chi connectivity index (χ3n) is 3.21. The number of hydrogen-bond donors (Lipinski definition) is 1. The molecule has 1 unspecified atom stereocenters. The molecule has 0 bridgehead atoms. The third kappa shape index (κ3) is 3.67. The summed E-state index contributed by atoms with van der Waals surface area (Å²) in [4.78, 5) is 0. The number of hydrogen-bond acceptors (Lipinski definition) is 2. The number of rotatable bonds is 6. The van der Waals surface area contributed by atoms with Crippen LogP contribution in [0.25, 0.3) is 0 Å². The molecule has 19 heavy (non-hydrogen) atoms. The van der Waals surface area contributed by atoms with Crippen molar-refractivity contribution in [3.63, 3.8) is 0 Å². The summed E-state index contributed by atoms with van der Waals surface area (Å²) in [6, 6.07) is 10.5. The van der Waals surface area contributed by atoms with Gasteiger partial charge in [-0.3, -0.25) is 4.68 Å². The highest BCUT2D eigenvalue weighted by atomic mass is 79.9. The highest BCUT2D eigenvalue weighted by Gasteiger charge is 2.16. The summed E-state index contributed by atoms with van der Waals surface area (Å²) >= 11 is 3.55. The first-order chi connectivity index (χ1) is 9.22. The van der Waals surface area contributed by atoms with Gasteiger partial charge in [-0.05, 0) is 40.8 Å². The van der Waals surface area contributed by atoms with Gasteiger partial charge in [0.15, 0.2) is 0 Å². The highest BCUT2D eigenvalue weighted by molar-refractivity contribution is 9.10. The van der Waals surface area contributed by atoms with Crippen LogP contribution in [0.5, 0.6) is 0 Å². The zero-order valence-corrected chi connectivity index (χ0v) is 12.8. The number of aryl methyl sites for hydroxylation is 2. The van der Waals surface area contributed by atoms with Crippen LogP contribution in [0.4, 0.5) is 0 Å². The van der Waals surface area contributed by atoms with E-state index < -0.39 is 0 Å². The second-order valence-corrected chi connectivity index (χ2v) is 5.59. The van der Waals surface area contributed by atoms with Crippen LogP contribution in [0, 0.1) is 0 Å². The Kier molecular flexibility index (Phi) is 5.16. The van der Waals surface area contributed by atoms with Crippen molar-refractivity contribution in [3.05, 3.63) is 52.3 Å². The summed E-state index contributed by atoms with van der Waals surface area (Å²) in [6.07, 6.45) is 4.82. The minimum Gasteiger partial charge on any atom is -0.323 e. The Hall–Kier alpha value is -1.13. The van der Waals surface area contributed by atoms with Gasteiger partial charge in [0.25, 0.3) is 0 Å². The number of halogens is 1. The van der Waals surface area contributed by atoms with Gasteiger partial charge in [0.1, 0.15) is 0 Å². The predicted molar refractivity (Wildman–Crippen MR) is 81.9 cm³/mol. The van der Waals surface area contributed by atoms with Crippen molar-refractivity contribution in [1.29, 1.82) is 0 Å². The van der Waals surface area contributed by atoms with Gasteiger partial charge >= 0.3 is 0 Å². The molecule has 2 rings (SSSR count). The van der Waals surface area contributed by atoms with Gasteiger partial charge in [-0.25, -0.2) is 0 Å². The van der Waals surface area contributed by atoms with Crippen molar-refractivity contribution in [2.75, 3.05) is 0 Å². The molecule has 0 fully saturated rings. The molecular weight excluding hydrogens is 302 g/mol. The van der Waals surface area contributed by atoms with Crippen molar-refractivity contribution in [2.45, 2.75) is 38.8 Å². The number of nitrogens with two attached hydrogens (primary N) is 1. The molecule has 0 saturated carbocycles. The summed E-state index contributed by atoms with van der Waals surface area (Å²) in [5.74, 6) is 0. The molecule has 0 spiro atoms. The topological polar surface area (TPSA) is 43.8 Å². The highest BCUT2D eigenvalue weighted by Crippen LogP contribution is 2.25. The fraction of sp³-hybridized carbons (Fsp3) is 0.400. The third-order valence-corrected chi connectivity index (χ3v) is 3.82. The molecule has 2 N–H and O–H groups in total. The van der Waals surface area contributed by atoms with Crippen molar-refractivity contribution in [2.24, 2.45) is 5.73 Å². The second kappa shape index (κ2) is 6.87. The normalized spacial score (nSPS) is 12.6. The zero-order chi connectivity index (χ0) is 13.7. The van der Waals surface area contributed by atoms with Crippen LogP contribution in [0.2, 0.25) is 0 Å². The van der Waals surface area contributed by atoms with E-state index in [0.29, 0.717) is 0 Å². The minimum atomic E-state index is 0.0173. The lowest BCUT2D eigenvalue weighted by molar-refractivity contribution is 0.521. The molecule has 102 valence electrons. The van der Waals surface area contributed by atoms with E-state index in [4.69, 9.17) is 5.73 Å². The van der Waals surface area contributed by atoms with Crippen LogP contribution in [-0.4, -0.2) is 9.78 Å². The summed E-state index contributed by atoms with van der Waals surface area (Å²) < 4.78 is 3.03. The van der Waals surface area contributed by atoms with Crippen molar-refractivity contribution in [3.8, 4) is 0 Å². The van der Waals surface area contributed by atoms with Gasteiger partial charge in [-0.15, -0.1) is 0 Å². The Balaban J connectivity index is 2.03. The molecule has 0 radical (unpaired) electrons. The van der Waals surface area contributed by atoms with Crippen LogP contribution in [0.3, 0.4) is 0 Å². The Morgan fingerprint density at radius 3 is 2.74 bits per heavy atom. The summed E-state index contributed by atoms with van der Waals surface area (Å²) in [5, 5.41) is 4.37. The molecule has 0 aliphatic rings. The first-order valence-electron chi connectivity index (χ1n) is 6.73. The first-order valence-corrected chi connectivity index (χ1v) is 7.52. The van der Waals surface area contributed by atoms with Crippen LogP contribution in [-0.2, 0) is 13.0 Å². The molecule has 2 aromatic rings. The molecule has 0 amide bonds. The Labute approximate surface area is 122 Å². The molecule has 0 aliphatic carbocycles. The second-order valence-electron chi connectivity index (χ2n) is 4.73. The molecule has 0 saturated heterocycles. The van der Waals surface area contributed by atoms with Gasteiger partial charge in [-0.1, -0.05) is 37.3 Å². The maximum absolute atomic E-state index is 6.33. The first kappa shape index (κ1) is 14.3. The van der Waals surface area contributed by atoms with Gasteiger partial charge in [0, 0.05) is 12.6 Å². The van der Waals surface area contributed by atoms with Gasteiger partial charge in [-0.2, -0.15) is 5.10 Å². The lowest BCUT2D eigenvalue weighted by Crippen LogP contribution is -2.17. The van der Waals surface area contributed by atoms with E-state index in [9.17, 15) is 0 Å². The molecule has 0 aliphatic heterocycles. The van der Waals surface area contributed by atoms with Crippen LogP contribution < -0.4 is 5.73 Å². The van der Waals surface area contributed by atoms with Crippen molar-refractivity contribution >= 4 is 15.9 Å². The molecular formula is C15H20BrN3. The zero-order valence-electron chi connectivity index (χ0n) is 11.2. The summed E-state index contributed by atoms with van der Waals surface area (Å²) in [5.41, 5.74) is 8.77. The minimum absolute atomic E-state index is 0.0173. The number of benzene rings is 1. The summed E-state index contributed by atoms with van der Waals surface area (Å²) in [7, 11) is 0. The molecule has 1 heterocycles. The Morgan fingerprint density at radius 1 is 1.32 bits per heavy atom. The van der Waals surface area contributed by atoms with Crippen molar-refractivity contribution < 1.29 is 0 Å². The van der Waals surface area contributed by atoms with Crippen LogP contribution in [0.15, 0.2) is 41.0 Å². The van der Waals surface area contributed by atoms with E-state index >= 15 is 0 Å². The van der Waals surface area contributed by atoms with Crippen LogP contribution in [0.1, 0.15) is 37.1 Å². The van der Waals surface area contributed by atoms with E-state index in [1.54, 1.807) is 0 Å². The molecule has 1 aromatic heterocycles. The van der Waals surface area contributed by atoms with E-state index in [0.717, 1.165) is 36.0 Å². The SMILES string of the molecule is CCCn1ncc(Br)c1C(N)CCc1ccccc1. The Morgan fingerprint density at radius 2 is 2.05 bits per heavy atom. The fourth-order valence-corrected chi connectivity index (χ4v) is 2.82.